The molecule has 5 aromatic rings. The third-order valence-corrected chi connectivity index (χ3v) is 5.84. The van der Waals surface area contributed by atoms with E-state index in [0.717, 1.165) is 61.3 Å². The van der Waals surface area contributed by atoms with Crippen LogP contribution in [0.4, 0.5) is 4.39 Å². The van der Waals surface area contributed by atoms with Gasteiger partial charge in [-0.3, -0.25) is 5.10 Å². The van der Waals surface area contributed by atoms with Crippen LogP contribution in [0.3, 0.4) is 0 Å². The molecule has 0 radical (unpaired) electrons. The van der Waals surface area contributed by atoms with Crippen molar-refractivity contribution in [1.82, 2.24) is 20.2 Å². The lowest BCUT2D eigenvalue weighted by Crippen LogP contribution is -1.92. The average molecular weight is 435 g/mol. The van der Waals surface area contributed by atoms with E-state index in [1.165, 1.54) is 12.1 Å². The molecule has 2 N–H and O–H groups in total. The Hall–Kier alpha value is -4.25. The molecule has 0 aliphatic heterocycles. The van der Waals surface area contributed by atoms with Crippen LogP contribution in [-0.2, 0) is 0 Å². The van der Waals surface area contributed by atoms with Gasteiger partial charge in [0.2, 0.25) is 0 Å². The predicted octanol–water partition coefficient (Wildman–Crippen LogP) is 7.45. The van der Waals surface area contributed by atoms with Gasteiger partial charge in [-0.25, -0.2) is 9.37 Å². The molecule has 0 fully saturated rings. The highest BCUT2D eigenvalue weighted by Crippen LogP contribution is 2.34. The standard InChI is InChI=1S/C28H23FN4/c1-4-7-17(3)20(5-2)24-14-15-25-27(31-24)28(33-32-25)26-16-22-21(8-6-9-23(22)30-26)18-10-12-19(29)13-11-18/h4-16,30H,1H2,2-3H3,(H,32,33)/b17-7-,20-5+. The quantitative estimate of drug-likeness (QED) is 0.282. The molecule has 0 bridgehead atoms. The Bertz CT molecular complexity index is 1550. The van der Waals surface area contributed by atoms with Crippen molar-refractivity contribution in [1.29, 1.82) is 0 Å². The maximum absolute atomic E-state index is 13.4. The molecule has 162 valence electrons. The maximum atomic E-state index is 13.4. The van der Waals surface area contributed by atoms with E-state index in [2.05, 4.69) is 33.9 Å². The first-order chi connectivity index (χ1) is 16.1. The Morgan fingerprint density at radius 3 is 2.61 bits per heavy atom. The van der Waals surface area contributed by atoms with Gasteiger partial charge in [0.1, 0.15) is 17.0 Å². The topological polar surface area (TPSA) is 57.4 Å². The first-order valence-electron chi connectivity index (χ1n) is 10.8. The Balaban J connectivity index is 1.64. The van der Waals surface area contributed by atoms with Crippen molar-refractivity contribution in [3.05, 3.63) is 103 Å². The van der Waals surface area contributed by atoms with Crippen molar-refractivity contribution in [2.75, 3.05) is 0 Å². The lowest BCUT2D eigenvalue weighted by molar-refractivity contribution is 0.628. The fraction of sp³-hybridized carbons (Fsp3) is 0.0714. The Kier molecular flexibility index (Phi) is 5.23. The molecular formula is C28H23FN4. The maximum Gasteiger partial charge on any atom is 0.135 e. The van der Waals surface area contributed by atoms with Crippen molar-refractivity contribution in [2.24, 2.45) is 0 Å². The number of hydrogen-bond acceptors (Lipinski definition) is 2. The highest BCUT2D eigenvalue weighted by molar-refractivity contribution is 6.00. The van der Waals surface area contributed by atoms with E-state index in [4.69, 9.17) is 4.98 Å². The molecule has 0 aliphatic rings. The Labute approximate surface area is 191 Å². The number of fused-ring (bicyclic) bond motifs is 2. The van der Waals surface area contributed by atoms with Gasteiger partial charge in [0.15, 0.2) is 0 Å². The number of rotatable bonds is 5. The largest absolute Gasteiger partial charge is 0.353 e. The van der Waals surface area contributed by atoms with Crippen LogP contribution in [-0.4, -0.2) is 20.2 Å². The zero-order valence-corrected chi connectivity index (χ0v) is 18.5. The first kappa shape index (κ1) is 20.6. The molecule has 0 aliphatic carbocycles. The van der Waals surface area contributed by atoms with Crippen LogP contribution in [0.25, 0.3) is 50.0 Å². The van der Waals surface area contributed by atoms with Crippen molar-refractivity contribution >= 4 is 27.5 Å². The van der Waals surface area contributed by atoms with Crippen LogP contribution in [0.15, 0.2) is 91.0 Å². The van der Waals surface area contributed by atoms with Crippen molar-refractivity contribution in [2.45, 2.75) is 13.8 Å². The summed E-state index contributed by atoms with van der Waals surface area (Å²) in [4.78, 5) is 8.43. The van der Waals surface area contributed by atoms with Gasteiger partial charge in [0.25, 0.3) is 0 Å². The monoisotopic (exact) mass is 434 g/mol. The van der Waals surface area contributed by atoms with Gasteiger partial charge in [0, 0.05) is 10.9 Å². The molecule has 0 amide bonds. The second-order valence-corrected chi connectivity index (χ2v) is 7.91. The first-order valence-corrected chi connectivity index (χ1v) is 10.8. The number of pyridine rings is 1. The number of nitrogens with one attached hydrogen (secondary N) is 2. The van der Waals surface area contributed by atoms with Crippen molar-refractivity contribution in [3.63, 3.8) is 0 Å². The summed E-state index contributed by atoms with van der Waals surface area (Å²) in [7, 11) is 0. The summed E-state index contributed by atoms with van der Waals surface area (Å²) in [6.07, 6.45) is 5.82. The van der Waals surface area contributed by atoms with E-state index in [1.54, 1.807) is 18.2 Å². The fourth-order valence-electron chi connectivity index (χ4n) is 4.24. The molecule has 5 heteroatoms. The molecule has 4 nitrogen and oxygen atoms in total. The molecule has 0 saturated heterocycles. The van der Waals surface area contributed by atoms with Gasteiger partial charge in [-0.15, -0.1) is 0 Å². The number of H-pyrrole nitrogens is 2. The normalized spacial score (nSPS) is 12.6. The second-order valence-electron chi connectivity index (χ2n) is 7.91. The highest BCUT2D eigenvalue weighted by Gasteiger charge is 2.16. The molecular weight excluding hydrogens is 411 g/mol. The van der Waals surface area contributed by atoms with Crippen LogP contribution >= 0.6 is 0 Å². The van der Waals surface area contributed by atoms with Gasteiger partial charge >= 0.3 is 0 Å². The fourth-order valence-corrected chi connectivity index (χ4v) is 4.24. The van der Waals surface area contributed by atoms with Crippen molar-refractivity contribution < 1.29 is 4.39 Å². The molecule has 0 atom stereocenters. The van der Waals surface area contributed by atoms with Gasteiger partial charge in [0.05, 0.1) is 16.9 Å². The third kappa shape index (κ3) is 3.68. The van der Waals surface area contributed by atoms with Gasteiger partial charge in [-0.2, -0.15) is 5.10 Å². The average Bonchev–Trinajstić information content (AvgIpc) is 3.44. The van der Waals surface area contributed by atoms with Crippen LogP contribution in [0.1, 0.15) is 19.5 Å². The molecule has 5 rings (SSSR count). The number of aromatic nitrogens is 4. The van der Waals surface area contributed by atoms with Gasteiger partial charge in [-0.1, -0.05) is 49.1 Å². The minimum atomic E-state index is -0.246. The molecule has 33 heavy (non-hydrogen) atoms. The number of halogens is 1. The molecule has 3 aromatic heterocycles. The Morgan fingerprint density at radius 2 is 1.85 bits per heavy atom. The van der Waals surface area contributed by atoms with Crippen LogP contribution in [0, 0.1) is 5.82 Å². The van der Waals surface area contributed by atoms with E-state index in [1.807, 2.05) is 50.3 Å². The summed E-state index contributed by atoms with van der Waals surface area (Å²) >= 11 is 0. The minimum Gasteiger partial charge on any atom is -0.353 e. The third-order valence-electron chi connectivity index (χ3n) is 5.84. The van der Waals surface area contributed by atoms with Crippen LogP contribution in [0.2, 0.25) is 0 Å². The summed E-state index contributed by atoms with van der Waals surface area (Å²) < 4.78 is 13.4. The second kappa shape index (κ2) is 8.36. The summed E-state index contributed by atoms with van der Waals surface area (Å²) in [5, 5.41) is 8.71. The van der Waals surface area contributed by atoms with Crippen LogP contribution in [0.5, 0.6) is 0 Å². The number of hydrogen-bond donors (Lipinski definition) is 2. The van der Waals surface area contributed by atoms with E-state index in [-0.39, 0.29) is 5.82 Å². The summed E-state index contributed by atoms with van der Waals surface area (Å²) in [5.74, 6) is -0.246. The molecule has 0 unspecified atom stereocenters. The molecule has 0 spiro atoms. The van der Waals surface area contributed by atoms with E-state index in [9.17, 15) is 4.39 Å². The highest BCUT2D eigenvalue weighted by atomic mass is 19.1. The molecule has 3 heterocycles. The number of aromatic amines is 2. The summed E-state index contributed by atoms with van der Waals surface area (Å²) in [5.41, 5.74) is 9.30. The number of allylic oxidation sites excluding steroid dienone is 5. The van der Waals surface area contributed by atoms with Gasteiger partial charge in [-0.05, 0) is 72.5 Å². The SMILES string of the molecule is C=C/C=C(C)\C(=C/C)c1ccc2[nH]nc(-c3cc4c(-c5ccc(F)cc5)cccc4[nH]3)c2n1. The molecule has 2 aromatic carbocycles. The van der Waals surface area contributed by atoms with E-state index < -0.39 is 0 Å². The lowest BCUT2D eigenvalue weighted by Gasteiger charge is -2.07. The Morgan fingerprint density at radius 1 is 1.03 bits per heavy atom. The molecule has 0 saturated carbocycles. The lowest BCUT2D eigenvalue weighted by atomic mass is 10.0. The number of benzene rings is 2. The minimum absolute atomic E-state index is 0.246. The zero-order chi connectivity index (χ0) is 22.9. The van der Waals surface area contributed by atoms with Crippen molar-refractivity contribution in [3.8, 4) is 22.5 Å². The van der Waals surface area contributed by atoms with E-state index in [0.29, 0.717) is 0 Å². The smallest absolute Gasteiger partial charge is 0.135 e. The summed E-state index contributed by atoms with van der Waals surface area (Å²) in [6, 6.07) is 18.7. The number of nitrogens with zero attached hydrogens (tertiary/aromatic N) is 2. The summed E-state index contributed by atoms with van der Waals surface area (Å²) in [6.45, 7) is 7.85. The van der Waals surface area contributed by atoms with Gasteiger partial charge < -0.3 is 4.98 Å². The zero-order valence-electron chi connectivity index (χ0n) is 18.5. The van der Waals surface area contributed by atoms with E-state index >= 15 is 0 Å². The predicted molar refractivity (Wildman–Crippen MR) is 134 cm³/mol. The van der Waals surface area contributed by atoms with Crippen LogP contribution < -0.4 is 0 Å².